The van der Waals surface area contributed by atoms with E-state index in [9.17, 15) is 13.2 Å². The van der Waals surface area contributed by atoms with Crippen molar-refractivity contribution >= 4 is 5.69 Å². The van der Waals surface area contributed by atoms with Gasteiger partial charge in [0, 0.05) is 43.5 Å². The Kier molecular flexibility index (Phi) is 3.76. The van der Waals surface area contributed by atoms with Crippen molar-refractivity contribution in [3.05, 3.63) is 29.6 Å². The van der Waals surface area contributed by atoms with Crippen molar-refractivity contribution in [1.82, 2.24) is 5.32 Å². The lowest BCUT2D eigenvalue weighted by molar-refractivity contribution is 0.254. The third kappa shape index (κ3) is 3.03. The molecule has 1 N–H and O–H groups in total. The van der Waals surface area contributed by atoms with Crippen LogP contribution in [0.1, 0.15) is 20.8 Å². The topological polar surface area (TPSA) is 15.3 Å². The maximum Gasteiger partial charge on any atom is 0.194 e. The van der Waals surface area contributed by atoms with Crippen molar-refractivity contribution in [2.45, 2.75) is 26.8 Å². The molecule has 0 aliphatic carbocycles. The van der Waals surface area contributed by atoms with E-state index in [2.05, 4.69) is 26.1 Å². The van der Waals surface area contributed by atoms with Crippen LogP contribution in [0.25, 0.3) is 0 Å². The van der Waals surface area contributed by atoms with Gasteiger partial charge < -0.3 is 10.2 Å². The number of hydrogen-bond acceptors (Lipinski definition) is 2. The molecule has 1 aromatic carbocycles. The minimum atomic E-state index is -1.41. The maximum atomic E-state index is 13.3. The number of halogens is 3. The molecule has 106 valence electrons. The lowest BCUT2D eigenvalue weighted by Crippen LogP contribution is -2.56. The van der Waals surface area contributed by atoms with Crippen LogP contribution in [0.15, 0.2) is 12.1 Å². The number of benzene rings is 1. The van der Waals surface area contributed by atoms with Crippen LogP contribution in [-0.2, 0) is 0 Å². The molecule has 1 atom stereocenters. The Bertz CT molecular complexity index is 445. The van der Waals surface area contributed by atoms with E-state index in [1.807, 2.05) is 4.90 Å². The molecule has 0 radical (unpaired) electrons. The van der Waals surface area contributed by atoms with Crippen molar-refractivity contribution in [1.29, 1.82) is 0 Å². The first kappa shape index (κ1) is 14.2. The molecule has 0 aromatic heterocycles. The molecule has 5 heteroatoms. The van der Waals surface area contributed by atoms with Crippen molar-refractivity contribution in [3.63, 3.8) is 0 Å². The van der Waals surface area contributed by atoms with Crippen LogP contribution in [-0.4, -0.2) is 25.7 Å². The minimum Gasteiger partial charge on any atom is -0.369 e. The van der Waals surface area contributed by atoms with E-state index in [1.165, 1.54) is 0 Å². The Labute approximate surface area is 111 Å². The van der Waals surface area contributed by atoms with E-state index < -0.39 is 17.5 Å². The van der Waals surface area contributed by atoms with Gasteiger partial charge in [0.1, 0.15) is 0 Å². The highest BCUT2D eigenvalue weighted by Gasteiger charge is 2.29. The fraction of sp³-hybridized carbons (Fsp3) is 0.571. The SMILES string of the molecule is CC(C)(C)C1CN(c2cc(F)c(F)c(F)c2)CCN1. The molecule has 0 bridgehead atoms. The van der Waals surface area contributed by atoms with Gasteiger partial charge in [0.2, 0.25) is 0 Å². The average Bonchev–Trinajstić information content (AvgIpc) is 2.34. The van der Waals surface area contributed by atoms with E-state index in [0.717, 1.165) is 18.7 Å². The van der Waals surface area contributed by atoms with Crippen molar-refractivity contribution < 1.29 is 13.2 Å². The summed E-state index contributed by atoms with van der Waals surface area (Å²) in [5.74, 6) is -3.69. The summed E-state index contributed by atoms with van der Waals surface area (Å²) in [6.07, 6.45) is 0. The number of piperazine rings is 1. The largest absolute Gasteiger partial charge is 0.369 e. The van der Waals surface area contributed by atoms with Gasteiger partial charge in [0.15, 0.2) is 17.5 Å². The van der Waals surface area contributed by atoms with E-state index in [4.69, 9.17) is 0 Å². The van der Waals surface area contributed by atoms with Gasteiger partial charge in [-0.25, -0.2) is 13.2 Å². The number of rotatable bonds is 1. The third-order valence-corrected chi connectivity index (χ3v) is 3.55. The molecule has 2 nitrogen and oxygen atoms in total. The first-order valence-electron chi connectivity index (χ1n) is 6.42. The maximum absolute atomic E-state index is 13.3. The Morgan fingerprint density at radius 3 is 2.26 bits per heavy atom. The van der Waals surface area contributed by atoms with Crippen LogP contribution in [0.3, 0.4) is 0 Å². The van der Waals surface area contributed by atoms with E-state index in [1.54, 1.807) is 0 Å². The van der Waals surface area contributed by atoms with Crippen molar-refractivity contribution in [2.24, 2.45) is 5.41 Å². The molecule has 1 heterocycles. The zero-order valence-corrected chi connectivity index (χ0v) is 11.4. The van der Waals surface area contributed by atoms with Crippen molar-refractivity contribution in [3.8, 4) is 0 Å². The smallest absolute Gasteiger partial charge is 0.194 e. The monoisotopic (exact) mass is 272 g/mol. The summed E-state index contributed by atoms with van der Waals surface area (Å²) in [6, 6.07) is 2.34. The van der Waals surface area contributed by atoms with Gasteiger partial charge in [0.05, 0.1) is 0 Å². The normalized spacial score (nSPS) is 20.7. The standard InChI is InChI=1S/C14H19F3N2/c1-14(2,3)12-8-19(5-4-18-12)9-6-10(15)13(17)11(16)7-9/h6-7,12,18H,4-5,8H2,1-3H3. The average molecular weight is 272 g/mol. The summed E-state index contributed by atoms with van der Waals surface area (Å²) < 4.78 is 39.5. The number of nitrogens with zero attached hydrogens (tertiary/aromatic N) is 1. The Morgan fingerprint density at radius 2 is 1.74 bits per heavy atom. The molecule has 1 unspecified atom stereocenters. The van der Waals surface area contributed by atoms with Gasteiger partial charge in [-0.05, 0) is 5.41 Å². The zero-order chi connectivity index (χ0) is 14.2. The van der Waals surface area contributed by atoms with E-state index in [-0.39, 0.29) is 11.5 Å². The lowest BCUT2D eigenvalue weighted by Gasteiger charge is -2.41. The Balaban J connectivity index is 2.22. The summed E-state index contributed by atoms with van der Waals surface area (Å²) in [4.78, 5) is 1.89. The van der Waals surface area contributed by atoms with E-state index >= 15 is 0 Å². The summed E-state index contributed by atoms with van der Waals surface area (Å²) in [5.41, 5.74) is 0.447. The first-order chi connectivity index (χ1) is 8.79. The van der Waals surface area contributed by atoms with E-state index in [0.29, 0.717) is 18.8 Å². The lowest BCUT2D eigenvalue weighted by atomic mass is 9.85. The zero-order valence-electron chi connectivity index (χ0n) is 11.4. The molecule has 19 heavy (non-hydrogen) atoms. The molecule has 2 rings (SSSR count). The van der Waals surface area contributed by atoms with Crippen molar-refractivity contribution in [2.75, 3.05) is 24.5 Å². The Morgan fingerprint density at radius 1 is 1.16 bits per heavy atom. The van der Waals surface area contributed by atoms with Crippen LogP contribution in [0.2, 0.25) is 0 Å². The molecule has 0 saturated carbocycles. The fourth-order valence-corrected chi connectivity index (χ4v) is 2.29. The van der Waals surface area contributed by atoms with Crippen LogP contribution in [0, 0.1) is 22.9 Å². The second-order valence-corrected chi connectivity index (χ2v) is 6.04. The minimum absolute atomic E-state index is 0.0514. The van der Waals surface area contributed by atoms with Crippen LogP contribution >= 0.6 is 0 Å². The summed E-state index contributed by atoms with van der Waals surface area (Å²) in [5, 5.41) is 3.40. The second kappa shape index (κ2) is 5.04. The van der Waals surface area contributed by atoms with Gasteiger partial charge in [-0.15, -0.1) is 0 Å². The highest BCUT2D eigenvalue weighted by atomic mass is 19.2. The van der Waals surface area contributed by atoms with Gasteiger partial charge in [-0.1, -0.05) is 20.8 Å². The predicted octanol–water partition coefficient (Wildman–Crippen LogP) is 2.93. The molecule has 1 aliphatic heterocycles. The molecule has 1 aliphatic rings. The van der Waals surface area contributed by atoms with Gasteiger partial charge >= 0.3 is 0 Å². The van der Waals surface area contributed by atoms with Crippen LogP contribution in [0.5, 0.6) is 0 Å². The Hall–Kier alpha value is -1.23. The highest BCUT2D eigenvalue weighted by molar-refractivity contribution is 5.48. The van der Waals surface area contributed by atoms with Crippen LogP contribution in [0.4, 0.5) is 18.9 Å². The molecule has 0 spiro atoms. The third-order valence-electron chi connectivity index (χ3n) is 3.55. The molecule has 1 fully saturated rings. The van der Waals surface area contributed by atoms with Gasteiger partial charge in [-0.3, -0.25) is 0 Å². The van der Waals surface area contributed by atoms with Gasteiger partial charge in [0.25, 0.3) is 0 Å². The summed E-state index contributed by atoms with van der Waals surface area (Å²) in [7, 11) is 0. The number of nitrogens with one attached hydrogen (secondary N) is 1. The number of anilines is 1. The summed E-state index contributed by atoms with van der Waals surface area (Å²) in [6.45, 7) is 8.37. The van der Waals surface area contributed by atoms with Gasteiger partial charge in [-0.2, -0.15) is 0 Å². The highest BCUT2D eigenvalue weighted by Crippen LogP contribution is 2.26. The first-order valence-corrected chi connectivity index (χ1v) is 6.42. The quantitative estimate of drug-likeness (QED) is 0.791. The van der Waals surface area contributed by atoms with Crippen LogP contribution < -0.4 is 10.2 Å². The predicted molar refractivity (Wildman–Crippen MR) is 69.8 cm³/mol. The molecular weight excluding hydrogens is 253 g/mol. The molecule has 1 saturated heterocycles. The fourth-order valence-electron chi connectivity index (χ4n) is 2.29. The second-order valence-electron chi connectivity index (χ2n) is 6.04. The molecular formula is C14H19F3N2. The number of hydrogen-bond donors (Lipinski definition) is 1. The molecule has 1 aromatic rings. The summed E-state index contributed by atoms with van der Waals surface area (Å²) >= 11 is 0. The molecule has 0 amide bonds.